The van der Waals surface area contributed by atoms with Crippen molar-refractivity contribution in [2.75, 3.05) is 5.32 Å². The number of phenols is 1. The molecule has 0 atom stereocenters. The zero-order chi connectivity index (χ0) is 14.0. The number of hydrogen-bond donors (Lipinski definition) is 2. The van der Waals surface area contributed by atoms with E-state index >= 15 is 0 Å². The second-order valence-corrected chi connectivity index (χ2v) is 4.77. The normalized spacial score (nSPS) is 10.3. The van der Waals surface area contributed by atoms with Crippen LogP contribution in [-0.2, 0) is 0 Å². The maximum absolute atomic E-state index is 12.1. The number of aryl methyl sites for hydroxylation is 3. The van der Waals surface area contributed by atoms with Gasteiger partial charge in [-0.05, 0) is 44.0 Å². The number of anilines is 1. The fourth-order valence-corrected chi connectivity index (χ4v) is 1.95. The van der Waals surface area contributed by atoms with Crippen molar-refractivity contribution >= 4 is 11.6 Å². The highest BCUT2D eigenvalue weighted by molar-refractivity contribution is 6.05. The lowest BCUT2D eigenvalue weighted by atomic mass is 10.1. The van der Waals surface area contributed by atoms with Crippen molar-refractivity contribution < 1.29 is 9.90 Å². The summed E-state index contributed by atoms with van der Waals surface area (Å²) in [6, 6.07) is 10.8. The van der Waals surface area contributed by atoms with E-state index in [4.69, 9.17) is 0 Å². The van der Waals surface area contributed by atoms with Crippen LogP contribution in [0.15, 0.2) is 36.4 Å². The number of aromatic hydroxyl groups is 1. The molecule has 2 aromatic carbocycles. The Bertz CT molecular complexity index is 633. The summed E-state index contributed by atoms with van der Waals surface area (Å²) in [5.41, 5.74) is 4.08. The summed E-state index contributed by atoms with van der Waals surface area (Å²) >= 11 is 0. The number of benzene rings is 2. The Morgan fingerprint density at radius 3 is 2.37 bits per heavy atom. The molecular weight excluding hydrogens is 238 g/mol. The predicted octanol–water partition coefficient (Wildman–Crippen LogP) is 3.57. The molecule has 0 heterocycles. The van der Waals surface area contributed by atoms with Gasteiger partial charge in [0.15, 0.2) is 0 Å². The molecule has 0 unspecified atom stereocenters. The van der Waals surface area contributed by atoms with Gasteiger partial charge in [-0.25, -0.2) is 0 Å². The fourth-order valence-electron chi connectivity index (χ4n) is 1.95. The van der Waals surface area contributed by atoms with Crippen molar-refractivity contribution in [2.24, 2.45) is 0 Å². The molecule has 2 rings (SSSR count). The van der Waals surface area contributed by atoms with Crippen molar-refractivity contribution in [3.05, 3.63) is 58.7 Å². The Labute approximate surface area is 112 Å². The zero-order valence-electron chi connectivity index (χ0n) is 11.3. The third-order valence-electron chi connectivity index (χ3n) is 3.09. The highest BCUT2D eigenvalue weighted by atomic mass is 16.3. The average molecular weight is 255 g/mol. The quantitative estimate of drug-likeness (QED) is 0.861. The number of amides is 1. The van der Waals surface area contributed by atoms with Crippen molar-refractivity contribution in [2.45, 2.75) is 20.8 Å². The lowest BCUT2D eigenvalue weighted by molar-refractivity contribution is 0.102. The number of carbonyl (C=O) groups is 1. The molecule has 0 aromatic heterocycles. The lowest BCUT2D eigenvalue weighted by Crippen LogP contribution is -2.13. The molecule has 0 fully saturated rings. The third kappa shape index (κ3) is 2.94. The maximum Gasteiger partial charge on any atom is 0.255 e. The first-order valence-corrected chi connectivity index (χ1v) is 6.15. The first-order valence-electron chi connectivity index (χ1n) is 6.15. The predicted molar refractivity (Wildman–Crippen MR) is 76.7 cm³/mol. The Hall–Kier alpha value is -2.29. The molecule has 1 amide bonds. The molecule has 0 aliphatic carbocycles. The highest BCUT2D eigenvalue weighted by Crippen LogP contribution is 2.21. The summed E-state index contributed by atoms with van der Waals surface area (Å²) in [5.74, 6) is 0.0131. The van der Waals surface area contributed by atoms with Gasteiger partial charge in [0.25, 0.3) is 5.91 Å². The van der Waals surface area contributed by atoms with Crippen molar-refractivity contribution in [3.63, 3.8) is 0 Å². The van der Waals surface area contributed by atoms with Crippen LogP contribution in [0.2, 0.25) is 0 Å². The van der Waals surface area contributed by atoms with Gasteiger partial charge in [0, 0.05) is 17.3 Å². The van der Waals surface area contributed by atoms with E-state index in [1.165, 1.54) is 0 Å². The van der Waals surface area contributed by atoms with Gasteiger partial charge in [0.2, 0.25) is 0 Å². The smallest absolute Gasteiger partial charge is 0.255 e. The number of hydrogen-bond acceptors (Lipinski definition) is 2. The van der Waals surface area contributed by atoms with Crippen LogP contribution in [0.1, 0.15) is 27.0 Å². The molecule has 2 aromatic rings. The monoisotopic (exact) mass is 255 g/mol. The van der Waals surface area contributed by atoms with E-state index < -0.39 is 0 Å². The second kappa shape index (κ2) is 5.14. The summed E-state index contributed by atoms with van der Waals surface area (Å²) < 4.78 is 0. The number of nitrogens with one attached hydrogen (secondary N) is 1. The lowest BCUT2D eigenvalue weighted by Gasteiger charge is -2.09. The summed E-state index contributed by atoms with van der Waals surface area (Å²) in [7, 11) is 0. The molecule has 0 bridgehead atoms. The fraction of sp³-hybridized carbons (Fsp3) is 0.188. The Morgan fingerprint density at radius 1 is 1.00 bits per heavy atom. The molecule has 98 valence electrons. The average Bonchev–Trinajstić information content (AvgIpc) is 2.33. The van der Waals surface area contributed by atoms with Crippen molar-refractivity contribution in [1.29, 1.82) is 0 Å². The van der Waals surface area contributed by atoms with Crippen LogP contribution < -0.4 is 5.32 Å². The molecule has 3 nitrogen and oxygen atoms in total. The van der Waals surface area contributed by atoms with Crippen LogP contribution in [0.5, 0.6) is 5.75 Å². The topological polar surface area (TPSA) is 49.3 Å². The van der Waals surface area contributed by atoms with E-state index in [1.54, 1.807) is 18.2 Å². The molecular formula is C16H17NO2. The third-order valence-corrected chi connectivity index (χ3v) is 3.09. The summed E-state index contributed by atoms with van der Waals surface area (Å²) in [6.07, 6.45) is 0. The van der Waals surface area contributed by atoms with Gasteiger partial charge in [-0.2, -0.15) is 0 Å². The summed E-state index contributed by atoms with van der Waals surface area (Å²) in [5, 5.41) is 12.4. The molecule has 0 saturated heterocycles. The van der Waals surface area contributed by atoms with Crippen LogP contribution in [0, 0.1) is 20.8 Å². The summed E-state index contributed by atoms with van der Waals surface area (Å²) in [4.78, 5) is 12.1. The largest absolute Gasteiger partial charge is 0.508 e. The first kappa shape index (κ1) is 13.1. The molecule has 2 N–H and O–H groups in total. The van der Waals surface area contributed by atoms with Crippen molar-refractivity contribution in [1.82, 2.24) is 0 Å². The van der Waals surface area contributed by atoms with Crippen LogP contribution in [-0.4, -0.2) is 11.0 Å². The van der Waals surface area contributed by atoms with Gasteiger partial charge in [0.1, 0.15) is 5.75 Å². The second-order valence-electron chi connectivity index (χ2n) is 4.77. The highest BCUT2D eigenvalue weighted by Gasteiger charge is 2.09. The van der Waals surface area contributed by atoms with Gasteiger partial charge in [-0.15, -0.1) is 0 Å². The van der Waals surface area contributed by atoms with Crippen LogP contribution >= 0.6 is 0 Å². The SMILES string of the molecule is Cc1ccc(C(=O)Nc2ccc(C)c(O)c2)c(C)c1. The van der Waals surface area contributed by atoms with E-state index in [1.807, 2.05) is 39.0 Å². The standard InChI is InChI=1S/C16H17NO2/c1-10-4-7-14(12(3)8-10)16(19)17-13-6-5-11(2)15(18)9-13/h4-9,18H,1-3H3,(H,17,19). The molecule has 0 aliphatic rings. The van der Waals surface area contributed by atoms with Crippen LogP contribution in [0.25, 0.3) is 0 Å². The number of rotatable bonds is 2. The molecule has 3 heteroatoms. The van der Waals surface area contributed by atoms with Gasteiger partial charge in [0.05, 0.1) is 0 Å². The minimum absolute atomic E-state index is 0.166. The van der Waals surface area contributed by atoms with Gasteiger partial charge < -0.3 is 10.4 Å². The van der Waals surface area contributed by atoms with Gasteiger partial charge in [-0.1, -0.05) is 23.8 Å². The van der Waals surface area contributed by atoms with Gasteiger partial charge >= 0.3 is 0 Å². The molecule has 19 heavy (non-hydrogen) atoms. The zero-order valence-corrected chi connectivity index (χ0v) is 11.3. The molecule has 0 radical (unpaired) electrons. The minimum atomic E-state index is -0.166. The molecule has 0 saturated carbocycles. The minimum Gasteiger partial charge on any atom is -0.508 e. The van der Waals surface area contributed by atoms with Crippen LogP contribution in [0.3, 0.4) is 0 Å². The first-order chi connectivity index (χ1) is 8.97. The van der Waals surface area contributed by atoms with Gasteiger partial charge in [-0.3, -0.25) is 4.79 Å². The van der Waals surface area contributed by atoms with E-state index in [0.29, 0.717) is 11.3 Å². The van der Waals surface area contributed by atoms with Crippen molar-refractivity contribution in [3.8, 4) is 5.75 Å². The van der Waals surface area contributed by atoms with E-state index in [2.05, 4.69) is 5.32 Å². The molecule has 0 spiro atoms. The number of phenolic OH excluding ortho intramolecular Hbond substituents is 1. The van der Waals surface area contributed by atoms with E-state index in [9.17, 15) is 9.90 Å². The maximum atomic E-state index is 12.1. The number of carbonyl (C=O) groups excluding carboxylic acids is 1. The van der Waals surface area contributed by atoms with E-state index in [0.717, 1.165) is 16.7 Å². The Kier molecular flexibility index (Phi) is 3.56. The summed E-state index contributed by atoms with van der Waals surface area (Å²) in [6.45, 7) is 5.71. The Balaban J connectivity index is 2.23. The van der Waals surface area contributed by atoms with E-state index in [-0.39, 0.29) is 11.7 Å². The molecule has 0 aliphatic heterocycles. The Morgan fingerprint density at radius 2 is 1.74 bits per heavy atom. The van der Waals surface area contributed by atoms with Crippen LogP contribution in [0.4, 0.5) is 5.69 Å².